The van der Waals surface area contributed by atoms with Crippen LogP contribution in [0.1, 0.15) is 11.1 Å². The van der Waals surface area contributed by atoms with Gasteiger partial charge in [0.2, 0.25) is 0 Å². The van der Waals surface area contributed by atoms with Gasteiger partial charge in [0, 0.05) is 5.02 Å². The van der Waals surface area contributed by atoms with Gasteiger partial charge in [-0.15, -0.1) is 0 Å². The average Bonchev–Trinajstić information content (AvgIpc) is 2.00. The SMILES string of the molecule is Cc1c(Cl)ccc(B(O)O)c1C. The first-order chi connectivity index (χ1) is 5.54. The lowest BCUT2D eigenvalue weighted by Gasteiger charge is -2.08. The highest BCUT2D eigenvalue weighted by atomic mass is 35.5. The first kappa shape index (κ1) is 9.58. The Labute approximate surface area is 76.9 Å². The van der Waals surface area contributed by atoms with Crippen LogP contribution in [0.5, 0.6) is 0 Å². The van der Waals surface area contributed by atoms with E-state index in [1.54, 1.807) is 12.1 Å². The van der Waals surface area contributed by atoms with Crippen LogP contribution in [0.4, 0.5) is 0 Å². The second kappa shape index (κ2) is 3.48. The average molecular weight is 184 g/mol. The molecule has 0 aliphatic carbocycles. The molecule has 0 atom stereocenters. The molecule has 1 aromatic carbocycles. The van der Waals surface area contributed by atoms with Gasteiger partial charge in [0.15, 0.2) is 0 Å². The lowest BCUT2D eigenvalue weighted by Crippen LogP contribution is -2.32. The molecule has 0 spiro atoms. The normalized spacial score (nSPS) is 10.1. The molecule has 0 aliphatic heterocycles. The summed E-state index contributed by atoms with van der Waals surface area (Å²) >= 11 is 5.83. The van der Waals surface area contributed by atoms with Crippen molar-refractivity contribution >= 4 is 24.2 Å². The number of halogens is 1. The summed E-state index contributed by atoms with van der Waals surface area (Å²) in [5.41, 5.74) is 2.23. The van der Waals surface area contributed by atoms with Gasteiger partial charge in [-0.25, -0.2) is 0 Å². The van der Waals surface area contributed by atoms with Crippen molar-refractivity contribution in [1.29, 1.82) is 0 Å². The smallest absolute Gasteiger partial charge is 0.423 e. The second-order valence-corrected chi connectivity index (χ2v) is 3.17. The van der Waals surface area contributed by atoms with E-state index in [2.05, 4.69) is 0 Å². The molecule has 1 rings (SSSR count). The Balaban J connectivity index is 3.27. The Hall–Kier alpha value is -0.505. The fourth-order valence-electron chi connectivity index (χ4n) is 1.09. The highest BCUT2D eigenvalue weighted by Crippen LogP contribution is 2.16. The van der Waals surface area contributed by atoms with E-state index in [0.717, 1.165) is 11.1 Å². The van der Waals surface area contributed by atoms with Crippen molar-refractivity contribution in [3.63, 3.8) is 0 Å². The summed E-state index contributed by atoms with van der Waals surface area (Å²) in [5, 5.41) is 18.5. The van der Waals surface area contributed by atoms with Gasteiger partial charge in [0.25, 0.3) is 0 Å². The van der Waals surface area contributed by atoms with E-state index in [-0.39, 0.29) is 0 Å². The quantitative estimate of drug-likeness (QED) is 0.629. The van der Waals surface area contributed by atoms with E-state index in [9.17, 15) is 0 Å². The molecule has 0 unspecified atom stereocenters. The van der Waals surface area contributed by atoms with E-state index >= 15 is 0 Å². The first-order valence-corrected chi connectivity index (χ1v) is 4.03. The summed E-state index contributed by atoms with van der Waals surface area (Å²) in [6.45, 7) is 3.67. The van der Waals surface area contributed by atoms with Crippen molar-refractivity contribution in [1.82, 2.24) is 0 Å². The zero-order chi connectivity index (χ0) is 9.30. The zero-order valence-electron chi connectivity index (χ0n) is 7.00. The predicted octanol–water partition coefficient (Wildman–Crippen LogP) is 0.637. The van der Waals surface area contributed by atoms with Gasteiger partial charge < -0.3 is 10.0 Å². The molecule has 0 heterocycles. The maximum atomic E-state index is 8.93. The van der Waals surface area contributed by atoms with Gasteiger partial charge in [0.1, 0.15) is 0 Å². The van der Waals surface area contributed by atoms with Gasteiger partial charge in [-0.1, -0.05) is 17.7 Å². The number of hydrogen-bond donors (Lipinski definition) is 2. The minimum Gasteiger partial charge on any atom is -0.423 e. The maximum absolute atomic E-state index is 8.93. The van der Waals surface area contributed by atoms with E-state index in [4.69, 9.17) is 21.6 Å². The maximum Gasteiger partial charge on any atom is 0.488 e. The molecule has 2 N–H and O–H groups in total. The van der Waals surface area contributed by atoms with E-state index in [0.29, 0.717) is 10.5 Å². The molecule has 0 saturated carbocycles. The summed E-state index contributed by atoms with van der Waals surface area (Å²) in [6, 6.07) is 3.29. The number of benzene rings is 1. The highest BCUT2D eigenvalue weighted by Gasteiger charge is 2.15. The van der Waals surface area contributed by atoms with E-state index in [1.165, 1.54) is 0 Å². The van der Waals surface area contributed by atoms with Crippen molar-refractivity contribution in [3.8, 4) is 0 Å². The van der Waals surface area contributed by atoms with Crippen LogP contribution in [-0.4, -0.2) is 17.2 Å². The van der Waals surface area contributed by atoms with E-state index in [1.807, 2.05) is 13.8 Å². The standard InChI is InChI=1S/C8H10BClO2/c1-5-6(2)8(10)4-3-7(5)9(11)12/h3-4,11-12H,1-2H3. The fourth-order valence-corrected chi connectivity index (χ4v) is 1.29. The minimum atomic E-state index is -1.42. The molecule has 12 heavy (non-hydrogen) atoms. The van der Waals surface area contributed by atoms with Crippen molar-refractivity contribution < 1.29 is 10.0 Å². The zero-order valence-corrected chi connectivity index (χ0v) is 7.76. The molecule has 2 nitrogen and oxygen atoms in total. The molecule has 0 aliphatic rings. The van der Waals surface area contributed by atoms with E-state index < -0.39 is 7.12 Å². The summed E-state index contributed by atoms with van der Waals surface area (Å²) in [6.07, 6.45) is 0. The summed E-state index contributed by atoms with van der Waals surface area (Å²) in [4.78, 5) is 0. The number of rotatable bonds is 1. The van der Waals surface area contributed by atoms with Crippen LogP contribution < -0.4 is 5.46 Å². The fraction of sp³-hybridized carbons (Fsp3) is 0.250. The lowest BCUT2D eigenvalue weighted by molar-refractivity contribution is 0.425. The first-order valence-electron chi connectivity index (χ1n) is 3.65. The molecule has 0 aromatic heterocycles. The molecule has 4 heteroatoms. The summed E-state index contributed by atoms with van der Waals surface area (Å²) < 4.78 is 0. The molecule has 0 fully saturated rings. The van der Waals surface area contributed by atoms with Crippen LogP contribution >= 0.6 is 11.6 Å². The Bertz CT molecular complexity index is 299. The summed E-state index contributed by atoms with van der Waals surface area (Å²) in [5.74, 6) is 0. The third-order valence-corrected chi connectivity index (χ3v) is 2.45. The Kier molecular flexibility index (Phi) is 2.78. The topological polar surface area (TPSA) is 40.5 Å². The number of hydrogen-bond acceptors (Lipinski definition) is 2. The Morgan fingerprint density at radius 1 is 1.17 bits per heavy atom. The highest BCUT2D eigenvalue weighted by molar-refractivity contribution is 6.59. The predicted molar refractivity (Wildman–Crippen MR) is 50.8 cm³/mol. The monoisotopic (exact) mass is 184 g/mol. The molecule has 64 valence electrons. The molecular weight excluding hydrogens is 174 g/mol. The van der Waals surface area contributed by atoms with Crippen LogP contribution in [-0.2, 0) is 0 Å². The van der Waals surface area contributed by atoms with Crippen LogP contribution in [0.15, 0.2) is 12.1 Å². The second-order valence-electron chi connectivity index (χ2n) is 2.76. The van der Waals surface area contributed by atoms with Crippen LogP contribution in [0.2, 0.25) is 5.02 Å². The third-order valence-electron chi connectivity index (χ3n) is 2.04. The van der Waals surface area contributed by atoms with Crippen molar-refractivity contribution in [3.05, 3.63) is 28.3 Å². The summed E-state index contributed by atoms with van der Waals surface area (Å²) in [7, 11) is -1.42. The molecule has 0 amide bonds. The van der Waals surface area contributed by atoms with Crippen LogP contribution in [0, 0.1) is 13.8 Å². The molecule has 0 bridgehead atoms. The van der Waals surface area contributed by atoms with Gasteiger partial charge in [-0.3, -0.25) is 0 Å². The van der Waals surface area contributed by atoms with Crippen LogP contribution in [0.25, 0.3) is 0 Å². The van der Waals surface area contributed by atoms with Gasteiger partial charge >= 0.3 is 7.12 Å². The molecule has 0 radical (unpaired) electrons. The van der Waals surface area contributed by atoms with Crippen molar-refractivity contribution in [2.45, 2.75) is 13.8 Å². The molecule has 1 aromatic rings. The van der Waals surface area contributed by atoms with Crippen LogP contribution in [0.3, 0.4) is 0 Å². The van der Waals surface area contributed by atoms with Crippen molar-refractivity contribution in [2.75, 3.05) is 0 Å². The lowest BCUT2D eigenvalue weighted by atomic mass is 9.76. The molecule has 0 saturated heterocycles. The Morgan fingerprint density at radius 2 is 1.75 bits per heavy atom. The van der Waals surface area contributed by atoms with Gasteiger partial charge in [-0.05, 0) is 36.5 Å². The van der Waals surface area contributed by atoms with Crippen molar-refractivity contribution in [2.24, 2.45) is 0 Å². The largest absolute Gasteiger partial charge is 0.488 e. The Morgan fingerprint density at radius 3 is 2.25 bits per heavy atom. The third kappa shape index (κ3) is 1.63. The van der Waals surface area contributed by atoms with Gasteiger partial charge in [-0.2, -0.15) is 0 Å². The molecular formula is C8H10BClO2. The minimum absolute atomic E-state index is 0.511. The van der Waals surface area contributed by atoms with Gasteiger partial charge in [0.05, 0.1) is 0 Å².